The molecule has 0 spiro atoms. The van der Waals surface area contributed by atoms with Gasteiger partial charge in [0.25, 0.3) is 0 Å². The third-order valence-corrected chi connectivity index (χ3v) is 5.70. The molecular formula is C19H26BrN3O2. The number of urea groups is 1. The smallest absolute Gasteiger partial charge is 0.321 e. The zero-order chi connectivity index (χ0) is 17.6. The van der Waals surface area contributed by atoms with Gasteiger partial charge in [-0.25, -0.2) is 4.79 Å². The normalized spacial score (nSPS) is 18.9. The molecule has 25 heavy (non-hydrogen) atoms. The Labute approximate surface area is 157 Å². The number of anilines is 1. The van der Waals surface area contributed by atoms with Crippen molar-refractivity contribution in [2.24, 2.45) is 5.92 Å². The van der Waals surface area contributed by atoms with Gasteiger partial charge in [0.15, 0.2) is 0 Å². The fourth-order valence-corrected chi connectivity index (χ4v) is 3.96. The van der Waals surface area contributed by atoms with Gasteiger partial charge >= 0.3 is 6.03 Å². The van der Waals surface area contributed by atoms with Crippen molar-refractivity contribution < 1.29 is 9.59 Å². The average molecular weight is 408 g/mol. The van der Waals surface area contributed by atoms with E-state index in [0.717, 1.165) is 23.1 Å². The largest absolute Gasteiger partial charge is 0.341 e. The molecule has 1 aromatic carbocycles. The van der Waals surface area contributed by atoms with E-state index in [1.165, 1.54) is 25.7 Å². The Balaban J connectivity index is 1.49. The number of halogens is 1. The Hall–Kier alpha value is -1.56. The molecule has 1 saturated heterocycles. The van der Waals surface area contributed by atoms with E-state index in [9.17, 15) is 9.59 Å². The van der Waals surface area contributed by atoms with Gasteiger partial charge < -0.3 is 15.1 Å². The molecule has 1 aliphatic heterocycles. The number of benzene rings is 1. The van der Waals surface area contributed by atoms with Gasteiger partial charge in [-0.1, -0.05) is 28.8 Å². The molecule has 1 aliphatic carbocycles. The number of carbonyl (C=O) groups is 2. The molecule has 0 bridgehead atoms. The second-order valence-corrected chi connectivity index (χ2v) is 7.93. The summed E-state index contributed by atoms with van der Waals surface area (Å²) in [6.07, 6.45) is 6.45. The van der Waals surface area contributed by atoms with Crippen LogP contribution >= 0.6 is 15.9 Å². The standard InChI is InChI=1S/C19H26BrN3O2/c20-16-6-8-17(9-7-16)21-19(25)23-11-3-10-22(12-13-23)18(24)14-15-4-1-2-5-15/h6-9,15H,1-5,10-14H2,(H,21,25). The van der Waals surface area contributed by atoms with E-state index in [-0.39, 0.29) is 11.9 Å². The van der Waals surface area contributed by atoms with Crippen molar-refractivity contribution in [1.82, 2.24) is 9.80 Å². The van der Waals surface area contributed by atoms with Crippen LogP contribution in [0.3, 0.4) is 0 Å². The zero-order valence-corrected chi connectivity index (χ0v) is 16.1. The highest BCUT2D eigenvalue weighted by molar-refractivity contribution is 9.10. The van der Waals surface area contributed by atoms with E-state index >= 15 is 0 Å². The SMILES string of the molecule is O=C(CC1CCCC1)N1CCCN(C(=O)Nc2ccc(Br)cc2)CC1. The molecule has 3 rings (SSSR count). The van der Waals surface area contributed by atoms with E-state index in [1.807, 2.05) is 34.1 Å². The van der Waals surface area contributed by atoms with Crippen molar-refractivity contribution in [2.75, 3.05) is 31.5 Å². The molecule has 0 atom stereocenters. The molecule has 2 aliphatic rings. The maximum atomic E-state index is 12.5. The molecule has 136 valence electrons. The first-order valence-corrected chi connectivity index (χ1v) is 10.0. The lowest BCUT2D eigenvalue weighted by molar-refractivity contribution is -0.132. The van der Waals surface area contributed by atoms with Gasteiger partial charge in [-0.15, -0.1) is 0 Å². The van der Waals surface area contributed by atoms with Crippen molar-refractivity contribution in [3.05, 3.63) is 28.7 Å². The first-order chi connectivity index (χ1) is 12.1. The van der Waals surface area contributed by atoms with Crippen LogP contribution in [0.25, 0.3) is 0 Å². The van der Waals surface area contributed by atoms with Crippen LogP contribution in [-0.4, -0.2) is 47.9 Å². The van der Waals surface area contributed by atoms with Crippen LogP contribution in [0, 0.1) is 5.92 Å². The molecule has 1 aromatic rings. The molecule has 1 N–H and O–H groups in total. The summed E-state index contributed by atoms with van der Waals surface area (Å²) in [7, 11) is 0. The van der Waals surface area contributed by atoms with Crippen molar-refractivity contribution in [1.29, 1.82) is 0 Å². The Morgan fingerprint density at radius 1 is 0.960 bits per heavy atom. The molecule has 0 unspecified atom stereocenters. The lowest BCUT2D eigenvalue weighted by Gasteiger charge is -2.23. The molecule has 2 fully saturated rings. The fourth-order valence-electron chi connectivity index (χ4n) is 3.70. The summed E-state index contributed by atoms with van der Waals surface area (Å²) in [5.74, 6) is 0.842. The van der Waals surface area contributed by atoms with Crippen LogP contribution in [0.4, 0.5) is 10.5 Å². The van der Waals surface area contributed by atoms with Gasteiger partial charge in [0, 0.05) is 42.8 Å². The monoisotopic (exact) mass is 407 g/mol. The highest BCUT2D eigenvalue weighted by atomic mass is 79.9. The minimum atomic E-state index is -0.0904. The minimum Gasteiger partial charge on any atom is -0.341 e. The van der Waals surface area contributed by atoms with Crippen LogP contribution < -0.4 is 5.32 Å². The first-order valence-electron chi connectivity index (χ1n) is 9.21. The summed E-state index contributed by atoms with van der Waals surface area (Å²) in [5.41, 5.74) is 0.784. The van der Waals surface area contributed by atoms with E-state index in [0.29, 0.717) is 32.0 Å². The first kappa shape index (κ1) is 18.2. The van der Waals surface area contributed by atoms with Gasteiger partial charge in [0.05, 0.1) is 0 Å². The Bertz CT molecular complexity index is 599. The Kier molecular flexibility index (Phi) is 6.34. The molecule has 0 radical (unpaired) electrons. The fraction of sp³-hybridized carbons (Fsp3) is 0.579. The van der Waals surface area contributed by atoms with Crippen molar-refractivity contribution in [2.45, 2.75) is 38.5 Å². The predicted octanol–water partition coefficient (Wildman–Crippen LogP) is 4.10. The summed E-state index contributed by atoms with van der Waals surface area (Å²) >= 11 is 3.39. The van der Waals surface area contributed by atoms with Crippen LogP contribution in [0.15, 0.2) is 28.7 Å². The zero-order valence-electron chi connectivity index (χ0n) is 14.5. The van der Waals surface area contributed by atoms with Gasteiger partial charge in [-0.3, -0.25) is 4.79 Å². The van der Waals surface area contributed by atoms with Gasteiger partial charge in [0.1, 0.15) is 0 Å². The summed E-state index contributed by atoms with van der Waals surface area (Å²) in [5, 5.41) is 2.93. The minimum absolute atomic E-state index is 0.0904. The van der Waals surface area contributed by atoms with E-state index in [2.05, 4.69) is 21.2 Å². The highest BCUT2D eigenvalue weighted by Gasteiger charge is 2.25. The number of rotatable bonds is 3. The predicted molar refractivity (Wildman–Crippen MR) is 103 cm³/mol. The average Bonchev–Trinajstić information content (AvgIpc) is 2.98. The summed E-state index contributed by atoms with van der Waals surface area (Å²) in [6, 6.07) is 7.46. The van der Waals surface area contributed by atoms with Gasteiger partial charge in [-0.2, -0.15) is 0 Å². The summed E-state index contributed by atoms with van der Waals surface area (Å²) in [4.78, 5) is 28.7. The molecule has 1 saturated carbocycles. The maximum absolute atomic E-state index is 12.5. The Morgan fingerprint density at radius 2 is 1.60 bits per heavy atom. The summed E-state index contributed by atoms with van der Waals surface area (Å²) < 4.78 is 0.983. The highest BCUT2D eigenvalue weighted by Crippen LogP contribution is 2.28. The number of hydrogen-bond acceptors (Lipinski definition) is 2. The van der Waals surface area contributed by atoms with E-state index < -0.39 is 0 Å². The van der Waals surface area contributed by atoms with E-state index in [4.69, 9.17) is 0 Å². The molecule has 1 heterocycles. The molecule has 6 heteroatoms. The molecule has 5 nitrogen and oxygen atoms in total. The maximum Gasteiger partial charge on any atom is 0.321 e. The van der Waals surface area contributed by atoms with Crippen LogP contribution in [0.2, 0.25) is 0 Å². The number of carbonyl (C=O) groups excluding carboxylic acids is 2. The van der Waals surface area contributed by atoms with Crippen molar-refractivity contribution in [3.63, 3.8) is 0 Å². The van der Waals surface area contributed by atoms with Gasteiger partial charge in [-0.05, 0) is 49.4 Å². The molecule has 0 aromatic heterocycles. The topological polar surface area (TPSA) is 52.7 Å². The van der Waals surface area contributed by atoms with Crippen molar-refractivity contribution in [3.8, 4) is 0 Å². The number of amides is 3. The van der Waals surface area contributed by atoms with Crippen LogP contribution in [0.5, 0.6) is 0 Å². The van der Waals surface area contributed by atoms with Crippen LogP contribution in [-0.2, 0) is 4.79 Å². The second kappa shape index (κ2) is 8.70. The summed E-state index contributed by atoms with van der Waals surface area (Å²) in [6.45, 7) is 2.68. The molecular weight excluding hydrogens is 382 g/mol. The third-order valence-electron chi connectivity index (χ3n) is 5.17. The number of nitrogens with one attached hydrogen (secondary N) is 1. The lowest BCUT2D eigenvalue weighted by atomic mass is 10.0. The molecule has 3 amide bonds. The number of hydrogen-bond donors (Lipinski definition) is 1. The second-order valence-electron chi connectivity index (χ2n) is 7.01. The third kappa shape index (κ3) is 5.21. The van der Waals surface area contributed by atoms with E-state index in [1.54, 1.807) is 0 Å². The quantitative estimate of drug-likeness (QED) is 0.819. The van der Waals surface area contributed by atoms with Crippen molar-refractivity contribution >= 4 is 33.6 Å². The number of nitrogens with zero attached hydrogens (tertiary/aromatic N) is 2. The Morgan fingerprint density at radius 3 is 2.32 bits per heavy atom. The van der Waals surface area contributed by atoms with Crippen LogP contribution in [0.1, 0.15) is 38.5 Å². The van der Waals surface area contributed by atoms with Gasteiger partial charge in [0.2, 0.25) is 5.91 Å². The lowest BCUT2D eigenvalue weighted by Crippen LogP contribution is -2.39.